The van der Waals surface area contributed by atoms with E-state index in [1.165, 1.54) is 5.56 Å². The van der Waals surface area contributed by atoms with Crippen LogP contribution in [0, 0.1) is 6.92 Å². The summed E-state index contributed by atoms with van der Waals surface area (Å²) in [7, 11) is 0. The van der Waals surface area contributed by atoms with Crippen molar-refractivity contribution in [1.82, 2.24) is 5.32 Å². The lowest BCUT2D eigenvalue weighted by Gasteiger charge is -2.14. The van der Waals surface area contributed by atoms with Crippen LogP contribution in [0.3, 0.4) is 0 Å². The van der Waals surface area contributed by atoms with E-state index in [4.69, 9.17) is 28.6 Å². The number of hydrogen-bond donors (Lipinski definition) is 2. The first kappa shape index (κ1) is 22.5. The number of ether oxygens (including phenoxy) is 1. The van der Waals surface area contributed by atoms with Gasteiger partial charge in [0.15, 0.2) is 5.11 Å². The maximum absolute atomic E-state index is 12.0. The molecule has 0 aliphatic carbocycles. The lowest BCUT2D eigenvalue weighted by Crippen LogP contribution is -2.30. The van der Waals surface area contributed by atoms with Crippen LogP contribution in [0.2, 0.25) is 5.02 Å². The Kier molecular flexibility index (Phi) is 9.61. The maximum Gasteiger partial charge on any atom is 0.338 e. The summed E-state index contributed by atoms with van der Waals surface area (Å²) in [5.74, 6) is 1.69. The summed E-state index contributed by atoms with van der Waals surface area (Å²) in [4.78, 5) is 12.0. The third kappa shape index (κ3) is 7.34. The van der Waals surface area contributed by atoms with Crippen molar-refractivity contribution >= 4 is 52.3 Å². The van der Waals surface area contributed by atoms with Gasteiger partial charge in [-0.15, -0.1) is 0 Å². The van der Waals surface area contributed by atoms with Crippen LogP contribution in [0.4, 0.5) is 5.69 Å². The fraction of sp³-hybridized carbons (Fsp3) is 0.333. The number of thiocarbonyl (C=S) groups is 1. The molecule has 0 unspecified atom stereocenters. The van der Waals surface area contributed by atoms with Gasteiger partial charge >= 0.3 is 5.97 Å². The lowest BCUT2D eigenvalue weighted by molar-refractivity contribution is 0.0525. The number of esters is 1. The molecular formula is C21H25ClN2O2S2. The fourth-order valence-electron chi connectivity index (χ4n) is 2.51. The molecule has 2 rings (SSSR count). The highest BCUT2D eigenvalue weighted by molar-refractivity contribution is 7.98. The second-order valence-electron chi connectivity index (χ2n) is 6.11. The average molecular weight is 437 g/mol. The van der Waals surface area contributed by atoms with Crippen LogP contribution in [-0.2, 0) is 10.5 Å². The molecule has 2 aromatic carbocycles. The third-order valence-corrected chi connectivity index (χ3v) is 5.62. The second-order valence-corrected chi connectivity index (χ2v) is 8.06. The Morgan fingerprint density at radius 1 is 1.21 bits per heavy atom. The highest BCUT2D eigenvalue weighted by atomic mass is 35.5. The predicted octanol–water partition coefficient (Wildman–Crippen LogP) is 5.44. The van der Waals surface area contributed by atoms with E-state index in [9.17, 15) is 4.79 Å². The molecular weight excluding hydrogens is 412 g/mol. The van der Waals surface area contributed by atoms with Gasteiger partial charge in [0.2, 0.25) is 0 Å². The summed E-state index contributed by atoms with van der Waals surface area (Å²) >= 11 is 13.1. The summed E-state index contributed by atoms with van der Waals surface area (Å²) in [6.45, 7) is 4.81. The first-order valence-electron chi connectivity index (χ1n) is 9.15. The second kappa shape index (κ2) is 11.9. The van der Waals surface area contributed by atoms with E-state index >= 15 is 0 Å². The highest BCUT2D eigenvalue weighted by Crippen LogP contribution is 2.20. The van der Waals surface area contributed by atoms with Gasteiger partial charge in [-0.1, -0.05) is 29.8 Å². The molecule has 0 saturated carbocycles. The predicted molar refractivity (Wildman–Crippen MR) is 124 cm³/mol. The largest absolute Gasteiger partial charge is 0.462 e. The molecule has 0 amide bonds. The number of benzene rings is 2. The normalized spacial score (nSPS) is 10.4. The standard InChI is InChI=1S/C21H25ClN2O2S2/c1-3-26-20(25)18-6-4-7-19(15(18)2)24-21(27)23-12-5-13-28-14-16-8-10-17(22)11-9-16/h4,6-11H,3,5,12-14H2,1-2H3,(H2,23,24,27). The molecule has 2 N–H and O–H groups in total. The lowest BCUT2D eigenvalue weighted by atomic mass is 10.1. The van der Waals surface area contributed by atoms with Crippen LogP contribution in [-0.4, -0.2) is 30.0 Å². The quantitative estimate of drug-likeness (QED) is 0.310. The third-order valence-electron chi connectivity index (χ3n) is 4.01. The van der Waals surface area contributed by atoms with Gasteiger partial charge in [0.1, 0.15) is 0 Å². The van der Waals surface area contributed by atoms with Gasteiger partial charge in [0, 0.05) is 23.0 Å². The number of hydrogen-bond acceptors (Lipinski definition) is 4. The van der Waals surface area contributed by atoms with Gasteiger partial charge in [0.05, 0.1) is 12.2 Å². The zero-order valence-electron chi connectivity index (χ0n) is 16.1. The van der Waals surface area contributed by atoms with Crippen LogP contribution >= 0.6 is 35.6 Å². The van der Waals surface area contributed by atoms with Crippen LogP contribution < -0.4 is 10.6 Å². The molecule has 0 bridgehead atoms. The fourth-order valence-corrected chi connectivity index (χ4v) is 3.77. The van der Waals surface area contributed by atoms with E-state index in [0.29, 0.717) is 17.3 Å². The Bertz CT molecular complexity index is 797. The minimum atomic E-state index is -0.319. The zero-order valence-corrected chi connectivity index (χ0v) is 18.5. The van der Waals surface area contributed by atoms with Gasteiger partial charge in [-0.2, -0.15) is 11.8 Å². The van der Waals surface area contributed by atoms with Gasteiger partial charge < -0.3 is 15.4 Å². The van der Waals surface area contributed by atoms with Crippen molar-refractivity contribution in [3.8, 4) is 0 Å². The molecule has 2 aromatic rings. The van der Waals surface area contributed by atoms with Crippen molar-refractivity contribution in [2.45, 2.75) is 26.0 Å². The minimum Gasteiger partial charge on any atom is -0.462 e. The molecule has 4 nitrogen and oxygen atoms in total. The molecule has 7 heteroatoms. The first-order chi connectivity index (χ1) is 13.5. The van der Waals surface area contributed by atoms with E-state index < -0.39 is 0 Å². The molecule has 0 spiro atoms. The van der Waals surface area contributed by atoms with Crippen molar-refractivity contribution in [3.05, 3.63) is 64.2 Å². The molecule has 0 saturated heterocycles. The summed E-state index contributed by atoms with van der Waals surface area (Å²) < 4.78 is 5.08. The Labute approximate surface area is 181 Å². The Morgan fingerprint density at radius 3 is 2.68 bits per heavy atom. The number of anilines is 1. The maximum atomic E-state index is 12.0. The molecule has 150 valence electrons. The topological polar surface area (TPSA) is 50.4 Å². The van der Waals surface area contributed by atoms with E-state index in [1.807, 2.05) is 43.0 Å². The van der Waals surface area contributed by atoms with Crippen molar-refractivity contribution in [2.24, 2.45) is 0 Å². The van der Waals surface area contributed by atoms with Crippen molar-refractivity contribution in [3.63, 3.8) is 0 Å². The van der Waals surface area contributed by atoms with Crippen LogP contribution in [0.5, 0.6) is 0 Å². The van der Waals surface area contributed by atoms with E-state index in [-0.39, 0.29) is 5.97 Å². The molecule has 0 fully saturated rings. The number of rotatable bonds is 9. The van der Waals surface area contributed by atoms with Gasteiger partial charge in [-0.3, -0.25) is 0 Å². The number of carbonyl (C=O) groups is 1. The summed E-state index contributed by atoms with van der Waals surface area (Å²) in [5.41, 5.74) is 3.45. The summed E-state index contributed by atoms with van der Waals surface area (Å²) in [5, 5.41) is 7.69. The molecule has 0 heterocycles. The average Bonchev–Trinajstić information content (AvgIpc) is 2.67. The Balaban J connectivity index is 1.70. The Morgan fingerprint density at radius 2 is 1.96 bits per heavy atom. The smallest absolute Gasteiger partial charge is 0.338 e. The monoisotopic (exact) mass is 436 g/mol. The summed E-state index contributed by atoms with van der Waals surface area (Å²) in [6.07, 6.45) is 1.00. The number of carbonyl (C=O) groups excluding carboxylic acids is 1. The van der Waals surface area contributed by atoms with Gasteiger partial charge in [0.25, 0.3) is 0 Å². The van der Waals surface area contributed by atoms with Crippen molar-refractivity contribution in [2.75, 3.05) is 24.2 Å². The van der Waals surface area contributed by atoms with E-state index in [1.54, 1.807) is 13.0 Å². The van der Waals surface area contributed by atoms with Gasteiger partial charge in [-0.05, 0) is 73.6 Å². The molecule has 0 aromatic heterocycles. The molecule has 0 aliphatic heterocycles. The van der Waals surface area contributed by atoms with E-state index in [2.05, 4.69) is 22.8 Å². The molecule has 0 radical (unpaired) electrons. The number of halogens is 1. The van der Waals surface area contributed by atoms with E-state index in [0.717, 1.165) is 40.7 Å². The minimum absolute atomic E-state index is 0.319. The summed E-state index contributed by atoms with van der Waals surface area (Å²) in [6, 6.07) is 13.4. The number of thioether (sulfide) groups is 1. The van der Waals surface area contributed by atoms with Crippen LogP contribution in [0.15, 0.2) is 42.5 Å². The van der Waals surface area contributed by atoms with Crippen LogP contribution in [0.25, 0.3) is 0 Å². The van der Waals surface area contributed by atoms with Crippen molar-refractivity contribution < 1.29 is 9.53 Å². The number of nitrogens with one attached hydrogen (secondary N) is 2. The Hall–Kier alpha value is -1.76. The zero-order chi connectivity index (χ0) is 20.4. The first-order valence-corrected chi connectivity index (χ1v) is 11.1. The van der Waals surface area contributed by atoms with Gasteiger partial charge in [-0.25, -0.2) is 4.79 Å². The molecule has 0 aliphatic rings. The highest BCUT2D eigenvalue weighted by Gasteiger charge is 2.13. The molecule has 0 atom stereocenters. The van der Waals surface area contributed by atoms with Crippen LogP contribution in [0.1, 0.15) is 34.8 Å². The molecule has 28 heavy (non-hydrogen) atoms. The SMILES string of the molecule is CCOC(=O)c1cccc(NC(=S)NCCCSCc2ccc(Cl)cc2)c1C. The van der Waals surface area contributed by atoms with Crippen molar-refractivity contribution in [1.29, 1.82) is 0 Å².